The number of nitrogens with two attached hydrogens (primary N) is 1. The first-order chi connectivity index (χ1) is 9.52. The van der Waals surface area contributed by atoms with Crippen molar-refractivity contribution in [1.82, 2.24) is 9.97 Å². The lowest BCUT2D eigenvalue weighted by atomic mass is 10.2. The molecule has 0 saturated carbocycles. The van der Waals surface area contributed by atoms with Crippen LogP contribution in [0.1, 0.15) is 13.8 Å². The summed E-state index contributed by atoms with van der Waals surface area (Å²) in [5.74, 6) is 0.555. The molecule has 2 rings (SSSR count). The molecule has 0 amide bonds. The third-order valence-electron chi connectivity index (χ3n) is 3.15. The predicted molar refractivity (Wildman–Crippen MR) is 81.1 cm³/mol. The molecule has 1 heterocycles. The molecule has 2 aromatic rings. The van der Waals surface area contributed by atoms with E-state index in [1.165, 1.54) is 0 Å². The van der Waals surface area contributed by atoms with Crippen LogP contribution in [-0.2, 0) is 4.74 Å². The zero-order valence-electron chi connectivity index (χ0n) is 12.0. The van der Waals surface area contributed by atoms with Crippen LogP contribution in [0, 0.1) is 0 Å². The van der Waals surface area contributed by atoms with Gasteiger partial charge in [0.25, 0.3) is 5.56 Å². The van der Waals surface area contributed by atoms with E-state index >= 15 is 0 Å². The van der Waals surface area contributed by atoms with Crippen molar-refractivity contribution in [3.63, 3.8) is 0 Å². The Bertz CT molecular complexity index is 651. The lowest BCUT2D eigenvalue weighted by Crippen LogP contribution is -2.36. The summed E-state index contributed by atoms with van der Waals surface area (Å²) in [7, 11) is 1.65. The molecule has 6 heteroatoms. The molecule has 108 valence electrons. The topological polar surface area (TPSA) is 84.2 Å². The average Bonchev–Trinajstić information content (AvgIpc) is 2.40. The first kappa shape index (κ1) is 14.3. The highest BCUT2D eigenvalue weighted by atomic mass is 16.5. The van der Waals surface area contributed by atoms with Gasteiger partial charge in [-0.2, -0.15) is 0 Å². The van der Waals surface area contributed by atoms with Crippen LogP contribution < -0.4 is 16.2 Å². The summed E-state index contributed by atoms with van der Waals surface area (Å²) in [6.07, 6.45) is 0. The maximum absolute atomic E-state index is 12.1. The van der Waals surface area contributed by atoms with Crippen molar-refractivity contribution >= 4 is 22.5 Å². The molecule has 0 aliphatic carbocycles. The molecule has 0 atom stereocenters. The van der Waals surface area contributed by atoms with Gasteiger partial charge in [0.05, 0.1) is 17.5 Å². The fraction of sp³-hybridized carbons (Fsp3) is 0.429. The zero-order valence-corrected chi connectivity index (χ0v) is 12.0. The third kappa shape index (κ3) is 2.91. The summed E-state index contributed by atoms with van der Waals surface area (Å²) >= 11 is 0. The number of H-pyrrole nitrogens is 1. The molecule has 0 radical (unpaired) electrons. The molecule has 0 aliphatic rings. The molecule has 3 N–H and O–H groups in total. The summed E-state index contributed by atoms with van der Waals surface area (Å²) in [5.41, 5.74) is 6.71. The molecular weight excluding hydrogens is 256 g/mol. The number of ether oxygens (including phenoxy) is 1. The molecule has 1 aromatic carbocycles. The van der Waals surface area contributed by atoms with Crippen LogP contribution in [0.3, 0.4) is 0 Å². The predicted octanol–water partition coefficient (Wildman–Crippen LogP) is 1.37. The number of nitrogens with zero attached hydrogens (tertiary/aromatic N) is 2. The van der Waals surface area contributed by atoms with Gasteiger partial charge in [0.1, 0.15) is 0 Å². The molecule has 1 aromatic heterocycles. The average molecular weight is 276 g/mol. The Morgan fingerprint density at radius 3 is 2.85 bits per heavy atom. The van der Waals surface area contributed by atoms with E-state index in [0.717, 1.165) is 0 Å². The number of nitrogen functional groups attached to an aromatic ring is 1. The van der Waals surface area contributed by atoms with Gasteiger partial charge in [0.2, 0.25) is 5.95 Å². The minimum absolute atomic E-state index is 0.180. The van der Waals surface area contributed by atoms with Crippen molar-refractivity contribution in [3.8, 4) is 0 Å². The number of aromatic nitrogens is 2. The lowest BCUT2D eigenvalue weighted by Gasteiger charge is -2.26. The van der Waals surface area contributed by atoms with Crippen LogP contribution in [0.5, 0.6) is 0 Å². The quantitative estimate of drug-likeness (QED) is 0.806. The highest BCUT2D eigenvalue weighted by Gasteiger charge is 2.14. The van der Waals surface area contributed by atoms with E-state index in [-0.39, 0.29) is 11.6 Å². The van der Waals surface area contributed by atoms with Crippen molar-refractivity contribution in [1.29, 1.82) is 0 Å². The maximum Gasteiger partial charge on any atom is 0.260 e. The molecule has 20 heavy (non-hydrogen) atoms. The number of anilines is 2. The smallest absolute Gasteiger partial charge is 0.260 e. The number of fused-ring (bicyclic) bond motifs is 1. The standard InChI is InChI=1S/C14H20N4O2/c1-9(2)18(6-7-20-3)14-16-12-5-4-10(15)8-11(12)13(19)17-14/h4-5,8-9H,6-7,15H2,1-3H3,(H,16,17,19). The van der Waals surface area contributed by atoms with Crippen LogP contribution in [0.4, 0.5) is 11.6 Å². The Hall–Kier alpha value is -2.08. The van der Waals surface area contributed by atoms with Gasteiger partial charge in [-0.15, -0.1) is 0 Å². The Morgan fingerprint density at radius 1 is 1.45 bits per heavy atom. The summed E-state index contributed by atoms with van der Waals surface area (Å²) < 4.78 is 5.10. The number of hydrogen-bond acceptors (Lipinski definition) is 5. The van der Waals surface area contributed by atoms with Crippen molar-refractivity contribution in [2.45, 2.75) is 19.9 Å². The lowest BCUT2D eigenvalue weighted by molar-refractivity contribution is 0.203. The fourth-order valence-electron chi connectivity index (χ4n) is 2.08. The number of hydrogen-bond donors (Lipinski definition) is 2. The van der Waals surface area contributed by atoms with Gasteiger partial charge < -0.3 is 15.4 Å². The van der Waals surface area contributed by atoms with Gasteiger partial charge in [-0.3, -0.25) is 9.78 Å². The van der Waals surface area contributed by atoms with Crippen molar-refractivity contribution < 1.29 is 4.74 Å². The van der Waals surface area contributed by atoms with E-state index in [2.05, 4.69) is 9.97 Å². The molecule has 0 unspecified atom stereocenters. The second-order valence-corrected chi connectivity index (χ2v) is 4.95. The zero-order chi connectivity index (χ0) is 14.7. The summed E-state index contributed by atoms with van der Waals surface area (Å²) in [5, 5.41) is 0.504. The molecule has 0 spiro atoms. The SMILES string of the molecule is COCCN(c1nc2ccc(N)cc2c(=O)[nH]1)C(C)C. The Kier molecular flexibility index (Phi) is 4.24. The van der Waals surface area contributed by atoms with Crippen LogP contribution >= 0.6 is 0 Å². The van der Waals surface area contributed by atoms with Crippen LogP contribution in [0.15, 0.2) is 23.0 Å². The summed E-state index contributed by atoms with van der Waals surface area (Å²) in [6, 6.07) is 5.35. The molecule has 0 fully saturated rings. The van der Waals surface area contributed by atoms with Gasteiger partial charge in [0, 0.05) is 25.4 Å². The van der Waals surface area contributed by atoms with Crippen molar-refractivity contribution in [2.24, 2.45) is 0 Å². The number of aromatic amines is 1. The molecule has 0 bridgehead atoms. The first-order valence-electron chi connectivity index (χ1n) is 6.58. The van der Waals surface area contributed by atoms with Crippen LogP contribution in [0.25, 0.3) is 10.9 Å². The summed E-state index contributed by atoms with van der Waals surface area (Å²) in [4.78, 5) is 21.5. The van der Waals surface area contributed by atoms with E-state index < -0.39 is 0 Å². The second-order valence-electron chi connectivity index (χ2n) is 4.95. The van der Waals surface area contributed by atoms with Crippen molar-refractivity contribution in [2.75, 3.05) is 30.9 Å². The number of benzene rings is 1. The van der Waals surface area contributed by atoms with E-state index in [9.17, 15) is 4.79 Å². The second kappa shape index (κ2) is 5.92. The van der Waals surface area contributed by atoms with Gasteiger partial charge >= 0.3 is 0 Å². The highest BCUT2D eigenvalue weighted by Crippen LogP contribution is 2.16. The molecular formula is C14H20N4O2. The molecule has 0 aliphatic heterocycles. The number of nitrogens with one attached hydrogen (secondary N) is 1. The van der Waals surface area contributed by atoms with Crippen molar-refractivity contribution in [3.05, 3.63) is 28.6 Å². The minimum atomic E-state index is -0.180. The fourth-order valence-corrected chi connectivity index (χ4v) is 2.08. The van der Waals surface area contributed by atoms with E-state index in [0.29, 0.717) is 35.7 Å². The third-order valence-corrected chi connectivity index (χ3v) is 3.15. The van der Waals surface area contributed by atoms with E-state index in [1.54, 1.807) is 25.3 Å². The van der Waals surface area contributed by atoms with Gasteiger partial charge in [0.15, 0.2) is 0 Å². The Morgan fingerprint density at radius 2 is 2.20 bits per heavy atom. The van der Waals surface area contributed by atoms with Gasteiger partial charge in [-0.05, 0) is 32.0 Å². The monoisotopic (exact) mass is 276 g/mol. The largest absolute Gasteiger partial charge is 0.399 e. The molecule has 0 saturated heterocycles. The van der Waals surface area contributed by atoms with E-state index in [1.807, 2.05) is 18.7 Å². The van der Waals surface area contributed by atoms with Crippen LogP contribution in [0.2, 0.25) is 0 Å². The highest BCUT2D eigenvalue weighted by molar-refractivity contribution is 5.81. The van der Waals surface area contributed by atoms with Crippen LogP contribution in [-0.4, -0.2) is 36.3 Å². The van der Waals surface area contributed by atoms with E-state index in [4.69, 9.17) is 10.5 Å². The first-order valence-corrected chi connectivity index (χ1v) is 6.58. The Labute approximate surface area is 117 Å². The normalized spacial score (nSPS) is 11.2. The number of methoxy groups -OCH3 is 1. The number of rotatable bonds is 5. The Balaban J connectivity index is 2.48. The van der Waals surface area contributed by atoms with Gasteiger partial charge in [-0.25, -0.2) is 4.98 Å². The minimum Gasteiger partial charge on any atom is -0.399 e. The maximum atomic E-state index is 12.1. The molecule has 6 nitrogen and oxygen atoms in total. The van der Waals surface area contributed by atoms with Gasteiger partial charge in [-0.1, -0.05) is 0 Å². The summed E-state index contributed by atoms with van der Waals surface area (Å²) in [6.45, 7) is 5.32.